The first-order chi connectivity index (χ1) is 8.47. The van der Waals surface area contributed by atoms with E-state index in [0.29, 0.717) is 5.41 Å². The normalized spacial score (nSPS) is 33.6. The van der Waals surface area contributed by atoms with Gasteiger partial charge in [-0.05, 0) is 42.9 Å². The van der Waals surface area contributed by atoms with Crippen LogP contribution in [-0.2, 0) is 4.79 Å². The largest absolute Gasteiger partial charge is 0.341 e. The van der Waals surface area contributed by atoms with Gasteiger partial charge in [-0.25, -0.2) is 0 Å². The van der Waals surface area contributed by atoms with Crippen molar-refractivity contribution in [3.63, 3.8) is 0 Å². The molecule has 1 heterocycles. The highest BCUT2D eigenvalue weighted by Crippen LogP contribution is 2.48. The van der Waals surface area contributed by atoms with Crippen molar-refractivity contribution in [2.45, 2.75) is 45.6 Å². The van der Waals surface area contributed by atoms with Crippen molar-refractivity contribution < 1.29 is 4.79 Å². The van der Waals surface area contributed by atoms with Crippen LogP contribution in [0.2, 0.25) is 0 Å². The Morgan fingerprint density at radius 1 is 1.50 bits per heavy atom. The lowest BCUT2D eigenvalue weighted by molar-refractivity contribution is -0.132. The summed E-state index contributed by atoms with van der Waals surface area (Å²) in [7, 11) is 0. The minimum absolute atomic E-state index is 0.157. The maximum Gasteiger partial charge on any atom is 0.239 e. The zero-order chi connectivity index (χ0) is 13.3. The molecule has 1 saturated carbocycles. The molecular weight excluding hydrogens is 292 g/mol. The molecule has 1 aliphatic carbocycles. The highest BCUT2D eigenvalue weighted by Gasteiger charge is 2.45. The Balaban J connectivity index is 1.94. The molecule has 0 aromatic heterocycles. The average Bonchev–Trinajstić information content (AvgIpc) is 2.95. The van der Waals surface area contributed by atoms with E-state index in [0.717, 1.165) is 24.3 Å². The third kappa shape index (κ3) is 2.74. The average molecular weight is 317 g/mol. The smallest absolute Gasteiger partial charge is 0.239 e. The van der Waals surface area contributed by atoms with Crippen LogP contribution in [0.5, 0.6) is 0 Å². The molecule has 1 saturated heterocycles. The van der Waals surface area contributed by atoms with Crippen molar-refractivity contribution in [2.75, 3.05) is 18.4 Å². The second-order valence-electron chi connectivity index (χ2n) is 6.54. The molecular formula is C14H25BrN2O. The van der Waals surface area contributed by atoms with Crippen molar-refractivity contribution in [3.05, 3.63) is 0 Å². The summed E-state index contributed by atoms with van der Waals surface area (Å²) in [6, 6.07) is -0.325. The van der Waals surface area contributed by atoms with Crippen LogP contribution >= 0.6 is 15.9 Å². The highest BCUT2D eigenvalue weighted by molar-refractivity contribution is 9.09. The van der Waals surface area contributed by atoms with Gasteiger partial charge in [0.25, 0.3) is 0 Å². The van der Waals surface area contributed by atoms with Crippen molar-refractivity contribution in [1.82, 2.24) is 4.90 Å². The first-order valence-corrected chi connectivity index (χ1v) is 8.20. The molecule has 4 heteroatoms. The first kappa shape index (κ1) is 14.3. The van der Waals surface area contributed by atoms with Crippen LogP contribution in [0, 0.1) is 17.3 Å². The fourth-order valence-corrected chi connectivity index (χ4v) is 4.00. The zero-order valence-corrected chi connectivity index (χ0v) is 13.1. The molecule has 1 aliphatic heterocycles. The van der Waals surface area contributed by atoms with Gasteiger partial charge in [-0.3, -0.25) is 4.79 Å². The molecule has 2 N–H and O–H groups in total. The summed E-state index contributed by atoms with van der Waals surface area (Å²) in [6.07, 6.45) is 5.04. The number of carbonyl (C=O) groups excluding carboxylic acids is 1. The first-order valence-electron chi connectivity index (χ1n) is 7.08. The number of alkyl halides is 1. The molecule has 104 valence electrons. The number of hydrogen-bond acceptors (Lipinski definition) is 2. The molecule has 1 amide bonds. The summed E-state index contributed by atoms with van der Waals surface area (Å²) in [5.74, 6) is 1.19. The molecule has 0 unspecified atom stereocenters. The Bertz CT molecular complexity index is 321. The van der Waals surface area contributed by atoms with E-state index in [9.17, 15) is 4.79 Å². The van der Waals surface area contributed by atoms with E-state index in [1.54, 1.807) is 0 Å². The summed E-state index contributed by atoms with van der Waals surface area (Å²) in [6.45, 7) is 5.89. The van der Waals surface area contributed by atoms with Crippen molar-refractivity contribution in [1.29, 1.82) is 0 Å². The van der Waals surface area contributed by atoms with E-state index in [4.69, 9.17) is 5.73 Å². The number of likely N-dealkylation sites (tertiary alicyclic amines) is 1. The quantitative estimate of drug-likeness (QED) is 0.813. The molecule has 0 bridgehead atoms. The minimum Gasteiger partial charge on any atom is -0.341 e. The lowest BCUT2D eigenvalue weighted by atomic mass is 9.85. The predicted molar refractivity (Wildman–Crippen MR) is 77.6 cm³/mol. The van der Waals surface area contributed by atoms with Gasteiger partial charge in [0.05, 0.1) is 6.04 Å². The van der Waals surface area contributed by atoms with Gasteiger partial charge in [0.15, 0.2) is 0 Å². The standard InChI is InChI=1S/C14H25BrN2O/c1-10(2)12(16)13(18)17-6-5-14(9-17)4-3-11(7-14)8-15/h10-12H,3-9,16H2,1-2H3/t11-,12+,14-/m1/s1. The Kier molecular flexibility index (Phi) is 4.37. The van der Waals surface area contributed by atoms with Gasteiger partial charge < -0.3 is 10.6 Å². The Morgan fingerprint density at radius 3 is 2.78 bits per heavy atom. The molecule has 3 atom stereocenters. The molecule has 3 nitrogen and oxygen atoms in total. The highest BCUT2D eigenvalue weighted by atomic mass is 79.9. The second-order valence-corrected chi connectivity index (χ2v) is 7.19. The van der Waals surface area contributed by atoms with E-state index in [1.807, 2.05) is 18.7 Å². The van der Waals surface area contributed by atoms with E-state index in [1.165, 1.54) is 25.7 Å². The van der Waals surface area contributed by atoms with Gasteiger partial charge in [-0.15, -0.1) is 0 Å². The lowest BCUT2D eigenvalue weighted by Gasteiger charge is -2.26. The third-order valence-corrected chi connectivity index (χ3v) is 5.69. The van der Waals surface area contributed by atoms with E-state index in [2.05, 4.69) is 15.9 Å². The van der Waals surface area contributed by atoms with Gasteiger partial charge in [0.1, 0.15) is 0 Å². The molecule has 0 aromatic rings. The van der Waals surface area contributed by atoms with Crippen LogP contribution in [0.4, 0.5) is 0 Å². The SMILES string of the molecule is CC(C)[C@H](N)C(=O)N1CC[C@@]2(CC[C@@H](CBr)C2)C1. The maximum atomic E-state index is 12.3. The summed E-state index contributed by atoms with van der Waals surface area (Å²) in [5, 5.41) is 1.11. The third-order valence-electron chi connectivity index (χ3n) is 4.78. The van der Waals surface area contributed by atoms with E-state index in [-0.39, 0.29) is 17.9 Å². The minimum atomic E-state index is -0.325. The number of carbonyl (C=O) groups is 1. The van der Waals surface area contributed by atoms with Gasteiger partial charge in [-0.2, -0.15) is 0 Å². The van der Waals surface area contributed by atoms with Crippen molar-refractivity contribution in [2.24, 2.45) is 23.0 Å². The summed E-state index contributed by atoms with van der Waals surface area (Å²) < 4.78 is 0. The monoisotopic (exact) mass is 316 g/mol. The predicted octanol–water partition coefficient (Wildman–Crippen LogP) is 2.38. The van der Waals surface area contributed by atoms with E-state index < -0.39 is 0 Å². The molecule has 2 aliphatic rings. The topological polar surface area (TPSA) is 46.3 Å². The molecule has 0 radical (unpaired) electrons. The number of halogens is 1. The zero-order valence-electron chi connectivity index (χ0n) is 11.5. The van der Waals surface area contributed by atoms with Gasteiger partial charge in [0.2, 0.25) is 5.91 Å². The molecule has 2 rings (SSSR count). The van der Waals surface area contributed by atoms with Crippen molar-refractivity contribution in [3.8, 4) is 0 Å². The van der Waals surface area contributed by atoms with Gasteiger partial charge >= 0.3 is 0 Å². The van der Waals surface area contributed by atoms with Crippen LogP contribution in [0.3, 0.4) is 0 Å². The number of amides is 1. The van der Waals surface area contributed by atoms with Crippen LogP contribution < -0.4 is 5.73 Å². The molecule has 1 spiro atoms. The number of nitrogens with two attached hydrogens (primary N) is 1. The Labute approximate surface area is 119 Å². The Morgan fingerprint density at radius 2 is 2.22 bits per heavy atom. The van der Waals surface area contributed by atoms with Crippen LogP contribution in [-0.4, -0.2) is 35.3 Å². The van der Waals surface area contributed by atoms with Gasteiger partial charge in [-0.1, -0.05) is 29.8 Å². The van der Waals surface area contributed by atoms with Crippen LogP contribution in [0.1, 0.15) is 39.5 Å². The molecule has 18 heavy (non-hydrogen) atoms. The van der Waals surface area contributed by atoms with E-state index >= 15 is 0 Å². The van der Waals surface area contributed by atoms with Crippen LogP contribution in [0.25, 0.3) is 0 Å². The molecule has 0 aromatic carbocycles. The fraction of sp³-hybridized carbons (Fsp3) is 0.929. The number of nitrogens with zero attached hydrogens (tertiary/aromatic N) is 1. The van der Waals surface area contributed by atoms with Crippen LogP contribution in [0.15, 0.2) is 0 Å². The number of rotatable bonds is 3. The summed E-state index contributed by atoms with van der Waals surface area (Å²) in [5.41, 5.74) is 6.39. The number of hydrogen-bond donors (Lipinski definition) is 1. The van der Waals surface area contributed by atoms with Gasteiger partial charge in [0, 0.05) is 18.4 Å². The second kappa shape index (κ2) is 5.49. The summed E-state index contributed by atoms with van der Waals surface area (Å²) >= 11 is 3.59. The lowest BCUT2D eigenvalue weighted by Crippen LogP contribution is -2.46. The summed E-state index contributed by atoms with van der Waals surface area (Å²) in [4.78, 5) is 14.3. The maximum absolute atomic E-state index is 12.3. The fourth-order valence-electron chi connectivity index (χ4n) is 3.45. The molecule has 2 fully saturated rings. The van der Waals surface area contributed by atoms with Crippen molar-refractivity contribution >= 4 is 21.8 Å². The Hall–Kier alpha value is -0.0900.